The standard InChI is InChI=1S/C10H18N2O4/c1-3-5-16-6-4-8(10(14)15-2)12-9(13)7-11/h3,8H,1,4-7,11H2,2H3,(H,12,13)/t8-/m0/s1. The molecule has 3 N–H and O–H groups in total. The summed E-state index contributed by atoms with van der Waals surface area (Å²) in [5.41, 5.74) is 5.13. The summed E-state index contributed by atoms with van der Waals surface area (Å²) in [6, 6.07) is -0.717. The maximum Gasteiger partial charge on any atom is 0.328 e. The summed E-state index contributed by atoms with van der Waals surface area (Å²) in [5, 5.41) is 2.45. The lowest BCUT2D eigenvalue weighted by atomic mass is 10.2. The van der Waals surface area contributed by atoms with Crippen LogP contribution in [-0.4, -0.2) is 44.8 Å². The van der Waals surface area contributed by atoms with E-state index in [4.69, 9.17) is 10.5 Å². The number of methoxy groups -OCH3 is 1. The Labute approximate surface area is 94.8 Å². The van der Waals surface area contributed by atoms with Gasteiger partial charge in [-0.1, -0.05) is 6.08 Å². The topological polar surface area (TPSA) is 90.6 Å². The van der Waals surface area contributed by atoms with Gasteiger partial charge in [0, 0.05) is 13.0 Å². The molecule has 0 aromatic rings. The van der Waals surface area contributed by atoms with E-state index in [1.165, 1.54) is 7.11 Å². The molecular formula is C10H18N2O4. The highest BCUT2D eigenvalue weighted by Crippen LogP contribution is 1.96. The molecular weight excluding hydrogens is 212 g/mol. The van der Waals surface area contributed by atoms with Gasteiger partial charge < -0.3 is 20.5 Å². The number of esters is 1. The molecule has 0 aliphatic carbocycles. The molecule has 0 rings (SSSR count). The van der Waals surface area contributed by atoms with Gasteiger partial charge in [-0.3, -0.25) is 4.79 Å². The fourth-order valence-electron chi connectivity index (χ4n) is 1.01. The number of carbonyl (C=O) groups is 2. The molecule has 0 unspecified atom stereocenters. The summed E-state index contributed by atoms with van der Waals surface area (Å²) in [6.45, 7) is 4.05. The fraction of sp³-hybridized carbons (Fsp3) is 0.600. The lowest BCUT2D eigenvalue weighted by Crippen LogP contribution is -2.44. The summed E-state index contributed by atoms with van der Waals surface area (Å²) >= 11 is 0. The molecule has 92 valence electrons. The predicted octanol–water partition coefficient (Wildman–Crippen LogP) is -0.804. The van der Waals surface area contributed by atoms with Gasteiger partial charge in [-0.15, -0.1) is 6.58 Å². The third-order valence-corrected chi connectivity index (χ3v) is 1.79. The van der Waals surface area contributed by atoms with Gasteiger partial charge in [0.15, 0.2) is 0 Å². The number of amides is 1. The van der Waals surface area contributed by atoms with Gasteiger partial charge in [0.2, 0.25) is 5.91 Å². The quantitative estimate of drug-likeness (QED) is 0.323. The number of ether oxygens (including phenoxy) is 2. The van der Waals surface area contributed by atoms with Crippen molar-refractivity contribution >= 4 is 11.9 Å². The molecule has 6 nitrogen and oxygen atoms in total. The van der Waals surface area contributed by atoms with Crippen molar-refractivity contribution in [2.45, 2.75) is 12.5 Å². The summed E-state index contributed by atoms with van der Waals surface area (Å²) in [4.78, 5) is 22.3. The number of hydrogen-bond acceptors (Lipinski definition) is 5. The zero-order valence-electron chi connectivity index (χ0n) is 9.40. The van der Waals surface area contributed by atoms with Crippen LogP contribution in [0.4, 0.5) is 0 Å². The Bertz CT molecular complexity index is 243. The van der Waals surface area contributed by atoms with Gasteiger partial charge in [0.25, 0.3) is 0 Å². The average Bonchev–Trinajstić information content (AvgIpc) is 2.31. The Morgan fingerprint density at radius 1 is 1.56 bits per heavy atom. The minimum absolute atomic E-state index is 0.166. The number of hydrogen-bond donors (Lipinski definition) is 2. The van der Waals surface area contributed by atoms with Crippen molar-refractivity contribution in [1.82, 2.24) is 5.32 Å². The summed E-state index contributed by atoms with van der Waals surface area (Å²) < 4.78 is 9.66. The number of nitrogens with one attached hydrogen (secondary N) is 1. The zero-order chi connectivity index (χ0) is 12.4. The molecule has 0 saturated carbocycles. The first-order chi connectivity index (χ1) is 7.65. The summed E-state index contributed by atoms with van der Waals surface area (Å²) in [5.74, 6) is -0.914. The number of rotatable bonds is 8. The SMILES string of the molecule is C=CCOCC[C@H](NC(=O)CN)C(=O)OC. The summed E-state index contributed by atoms with van der Waals surface area (Å²) in [7, 11) is 1.26. The molecule has 0 bridgehead atoms. The Morgan fingerprint density at radius 2 is 2.25 bits per heavy atom. The van der Waals surface area contributed by atoms with Gasteiger partial charge in [-0.2, -0.15) is 0 Å². The highest BCUT2D eigenvalue weighted by molar-refractivity contribution is 5.85. The molecule has 0 aromatic heterocycles. The van der Waals surface area contributed by atoms with Crippen molar-refractivity contribution in [2.75, 3.05) is 26.9 Å². The van der Waals surface area contributed by atoms with Crippen LogP contribution in [-0.2, 0) is 19.1 Å². The van der Waals surface area contributed by atoms with Crippen molar-refractivity contribution in [2.24, 2.45) is 5.73 Å². The van der Waals surface area contributed by atoms with Gasteiger partial charge in [-0.25, -0.2) is 4.79 Å². The first-order valence-electron chi connectivity index (χ1n) is 4.91. The van der Waals surface area contributed by atoms with E-state index in [-0.39, 0.29) is 6.54 Å². The lowest BCUT2D eigenvalue weighted by Gasteiger charge is -2.15. The van der Waals surface area contributed by atoms with Gasteiger partial charge >= 0.3 is 5.97 Å². The van der Waals surface area contributed by atoms with Crippen molar-refractivity contribution in [3.8, 4) is 0 Å². The van der Waals surface area contributed by atoms with Crippen LogP contribution in [0, 0.1) is 0 Å². The molecule has 0 fully saturated rings. The van der Waals surface area contributed by atoms with Crippen molar-refractivity contribution < 1.29 is 19.1 Å². The monoisotopic (exact) mass is 230 g/mol. The largest absolute Gasteiger partial charge is 0.467 e. The molecule has 0 spiro atoms. The Kier molecular flexibility index (Phi) is 8.10. The second-order valence-electron chi connectivity index (χ2n) is 3.00. The molecule has 6 heteroatoms. The average molecular weight is 230 g/mol. The molecule has 1 amide bonds. The lowest BCUT2D eigenvalue weighted by molar-refractivity contribution is -0.145. The van der Waals surface area contributed by atoms with E-state index < -0.39 is 17.9 Å². The van der Waals surface area contributed by atoms with Crippen molar-refractivity contribution in [1.29, 1.82) is 0 Å². The van der Waals surface area contributed by atoms with E-state index in [1.807, 2.05) is 0 Å². The van der Waals surface area contributed by atoms with E-state index in [0.717, 1.165) is 0 Å². The predicted molar refractivity (Wildman–Crippen MR) is 58.6 cm³/mol. The second kappa shape index (κ2) is 8.87. The molecule has 0 aliphatic rings. The molecule has 1 atom stereocenters. The van der Waals surface area contributed by atoms with E-state index >= 15 is 0 Å². The molecule has 0 aromatic carbocycles. The van der Waals surface area contributed by atoms with Crippen LogP contribution in [0.5, 0.6) is 0 Å². The Balaban J connectivity index is 4.05. The van der Waals surface area contributed by atoms with Crippen LogP contribution in [0.2, 0.25) is 0 Å². The van der Waals surface area contributed by atoms with Crippen LogP contribution < -0.4 is 11.1 Å². The fourth-order valence-corrected chi connectivity index (χ4v) is 1.01. The smallest absolute Gasteiger partial charge is 0.328 e. The molecule has 0 saturated heterocycles. The maximum atomic E-state index is 11.3. The van der Waals surface area contributed by atoms with E-state index in [0.29, 0.717) is 19.6 Å². The van der Waals surface area contributed by atoms with E-state index in [9.17, 15) is 9.59 Å². The second-order valence-corrected chi connectivity index (χ2v) is 3.00. The van der Waals surface area contributed by atoms with Crippen LogP contribution in [0.1, 0.15) is 6.42 Å². The Morgan fingerprint density at radius 3 is 2.75 bits per heavy atom. The highest BCUT2D eigenvalue weighted by atomic mass is 16.5. The first kappa shape index (κ1) is 14.6. The van der Waals surface area contributed by atoms with Crippen LogP contribution in [0.15, 0.2) is 12.7 Å². The van der Waals surface area contributed by atoms with Crippen LogP contribution in [0.3, 0.4) is 0 Å². The highest BCUT2D eigenvalue weighted by Gasteiger charge is 2.20. The number of carbonyl (C=O) groups excluding carboxylic acids is 2. The first-order valence-corrected chi connectivity index (χ1v) is 4.91. The van der Waals surface area contributed by atoms with Gasteiger partial charge in [0.05, 0.1) is 20.3 Å². The van der Waals surface area contributed by atoms with Gasteiger partial charge in [0.1, 0.15) is 6.04 Å². The number of nitrogens with two attached hydrogens (primary N) is 1. The molecule has 0 radical (unpaired) electrons. The Hall–Kier alpha value is -1.40. The van der Waals surface area contributed by atoms with Crippen LogP contribution >= 0.6 is 0 Å². The summed E-state index contributed by atoms with van der Waals surface area (Å²) in [6.07, 6.45) is 1.94. The van der Waals surface area contributed by atoms with Crippen LogP contribution in [0.25, 0.3) is 0 Å². The minimum Gasteiger partial charge on any atom is -0.467 e. The third kappa shape index (κ3) is 6.15. The van der Waals surface area contributed by atoms with Crippen molar-refractivity contribution in [3.05, 3.63) is 12.7 Å². The maximum absolute atomic E-state index is 11.3. The zero-order valence-corrected chi connectivity index (χ0v) is 9.40. The molecule has 0 heterocycles. The van der Waals surface area contributed by atoms with E-state index in [2.05, 4.69) is 16.6 Å². The minimum atomic E-state index is -0.717. The van der Waals surface area contributed by atoms with Crippen molar-refractivity contribution in [3.63, 3.8) is 0 Å². The third-order valence-electron chi connectivity index (χ3n) is 1.79. The normalized spacial score (nSPS) is 11.6. The molecule has 0 aliphatic heterocycles. The van der Waals surface area contributed by atoms with E-state index in [1.54, 1.807) is 6.08 Å². The molecule has 16 heavy (non-hydrogen) atoms. The van der Waals surface area contributed by atoms with Gasteiger partial charge in [-0.05, 0) is 0 Å².